The van der Waals surface area contributed by atoms with E-state index in [2.05, 4.69) is 15.5 Å². The Balaban J connectivity index is 1.70. The molecule has 0 aromatic carbocycles. The van der Waals surface area contributed by atoms with Crippen molar-refractivity contribution in [3.8, 4) is 0 Å². The van der Waals surface area contributed by atoms with Crippen LogP contribution < -0.4 is 5.32 Å². The van der Waals surface area contributed by atoms with Crippen molar-refractivity contribution in [2.45, 2.75) is 64.3 Å². The molecule has 7 nitrogen and oxygen atoms in total. The highest BCUT2D eigenvalue weighted by Gasteiger charge is 2.28. The molecule has 122 valence electrons. The summed E-state index contributed by atoms with van der Waals surface area (Å²) in [5, 5.41) is 15.6. The van der Waals surface area contributed by atoms with Crippen molar-refractivity contribution in [3.63, 3.8) is 0 Å². The smallest absolute Gasteiger partial charge is 0.326 e. The van der Waals surface area contributed by atoms with Gasteiger partial charge in [-0.25, -0.2) is 4.79 Å². The topological polar surface area (TPSA) is 105 Å². The number of hydrogen-bond donors (Lipinski definition) is 2. The lowest BCUT2D eigenvalue weighted by Crippen LogP contribution is -2.41. The van der Waals surface area contributed by atoms with Gasteiger partial charge in [-0.2, -0.15) is 4.98 Å². The van der Waals surface area contributed by atoms with Crippen LogP contribution in [0.4, 0.5) is 0 Å². The first-order valence-electron chi connectivity index (χ1n) is 7.80. The summed E-state index contributed by atoms with van der Waals surface area (Å²) in [5.41, 5.74) is 0. The number of nitrogens with zero attached hydrogens (tertiary/aromatic N) is 2. The summed E-state index contributed by atoms with van der Waals surface area (Å²) in [6, 6.07) is -0.822. The second-order valence-electron chi connectivity index (χ2n) is 6.26. The van der Waals surface area contributed by atoms with E-state index >= 15 is 0 Å². The van der Waals surface area contributed by atoms with E-state index in [-0.39, 0.29) is 18.2 Å². The van der Waals surface area contributed by atoms with Crippen LogP contribution in [0.1, 0.15) is 63.6 Å². The van der Waals surface area contributed by atoms with Gasteiger partial charge in [-0.15, -0.1) is 0 Å². The molecule has 0 aliphatic heterocycles. The summed E-state index contributed by atoms with van der Waals surface area (Å²) in [6.07, 6.45) is 4.02. The molecule has 0 saturated heterocycles. The highest BCUT2D eigenvalue weighted by molar-refractivity contribution is 5.83. The zero-order valence-corrected chi connectivity index (χ0v) is 13.0. The molecule has 0 unspecified atom stereocenters. The summed E-state index contributed by atoms with van der Waals surface area (Å²) >= 11 is 0. The number of aromatic nitrogens is 2. The molecule has 1 aromatic heterocycles. The highest BCUT2D eigenvalue weighted by atomic mass is 16.5. The van der Waals surface area contributed by atoms with E-state index in [4.69, 9.17) is 9.63 Å². The third kappa shape index (κ3) is 5.13. The summed E-state index contributed by atoms with van der Waals surface area (Å²) in [6.45, 7) is 3.85. The average Bonchev–Trinajstić information content (AvgIpc) is 3.18. The third-order valence-electron chi connectivity index (χ3n) is 3.56. The van der Waals surface area contributed by atoms with Gasteiger partial charge in [-0.3, -0.25) is 4.79 Å². The molecule has 2 N–H and O–H groups in total. The van der Waals surface area contributed by atoms with Crippen molar-refractivity contribution >= 4 is 11.9 Å². The molecule has 0 bridgehead atoms. The van der Waals surface area contributed by atoms with Crippen LogP contribution in [0.5, 0.6) is 0 Å². The molecule has 1 aromatic rings. The van der Waals surface area contributed by atoms with Gasteiger partial charge in [0, 0.05) is 18.8 Å². The van der Waals surface area contributed by atoms with Crippen molar-refractivity contribution in [2.75, 3.05) is 0 Å². The van der Waals surface area contributed by atoms with Crippen molar-refractivity contribution in [1.29, 1.82) is 0 Å². The average molecular weight is 309 g/mol. The van der Waals surface area contributed by atoms with Crippen LogP contribution in [0.3, 0.4) is 0 Å². The van der Waals surface area contributed by atoms with E-state index < -0.39 is 12.0 Å². The van der Waals surface area contributed by atoms with E-state index in [1.54, 1.807) is 0 Å². The SMILES string of the molecule is CC(C)C[C@@H](NC(=O)CCCc1nc(C2CC2)no1)C(=O)O. The van der Waals surface area contributed by atoms with Crippen LogP contribution in [-0.2, 0) is 16.0 Å². The Labute approximate surface area is 129 Å². The first kappa shape index (κ1) is 16.5. The molecule has 1 heterocycles. The van der Waals surface area contributed by atoms with Crippen LogP contribution in [-0.4, -0.2) is 33.2 Å². The zero-order chi connectivity index (χ0) is 16.1. The number of aliphatic carboxylic acids is 1. The minimum Gasteiger partial charge on any atom is -0.480 e. The molecule has 1 fully saturated rings. The van der Waals surface area contributed by atoms with Gasteiger partial charge < -0.3 is 14.9 Å². The minimum absolute atomic E-state index is 0.209. The Hall–Kier alpha value is -1.92. The molecule has 0 radical (unpaired) electrons. The zero-order valence-electron chi connectivity index (χ0n) is 13.0. The summed E-state index contributed by atoms with van der Waals surface area (Å²) in [4.78, 5) is 27.2. The van der Waals surface area contributed by atoms with Gasteiger partial charge in [0.15, 0.2) is 5.82 Å². The maximum atomic E-state index is 11.8. The Kier molecular flexibility index (Phi) is 5.51. The highest BCUT2D eigenvalue weighted by Crippen LogP contribution is 2.38. The summed E-state index contributed by atoms with van der Waals surface area (Å²) < 4.78 is 5.13. The monoisotopic (exact) mass is 309 g/mol. The van der Waals surface area contributed by atoms with Gasteiger partial charge in [-0.1, -0.05) is 19.0 Å². The number of carboxylic acid groups (broad SMARTS) is 1. The Morgan fingerprint density at radius 1 is 1.41 bits per heavy atom. The van der Waals surface area contributed by atoms with E-state index in [0.29, 0.717) is 31.1 Å². The van der Waals surface area contributed by atoms with Gasteiger partial charge in [0.25, 0.3) is 0 Å². The molecule has 2 rings (SSSR count). The molecule has 22 heavy (non-hydrogen) atoms. The number of carboxylic acids is 1. The number of aryl methyl sites for hydroxylation is 1. The van der Waals surface area contributed by atoms with Crippen molar-refractivity contribution < 1.29 is 19.2 Å². The van der Waals surface area contributed by atoms with Gasteiger partial charge >= 0.3 is 5.97 Å². The summed E-state index contributed by atoms with van der Waals surface area (Å²) in [5.74, 6) is 0.728. The predicted molar refractivity (Wildman–Crippen MR) is 78.2 cm³/mol. The second kappa shape index (κ2) is 7.38. The van der Waals surface area contributed by atoms with E-state index in [9.17, 15) is 9.59 Å². The van der Waals surface area contributed by atoms with Crippen molar-refractivity contribution in [3.05, 3.63) is 11.7 Å². The first-order chi connectivity index (χ1) is 10.5. The molecule has 1 atom stereocenters. The number of carbonyl (C=O) groups is 2. The molecule has 1 aliphatic rings. The van der Waals surface area contributed by atoms with Crippen molar-refractivity contribution in [2.24, 2.45) is 5.92 Å². The number of rotatable bonds is 9. The molecule has 0 spiro atoms. The normalized spacial score (nSPS) is 15.8. The van der Waals surface area contributed by atoms with Crippen LogP contribution in [0.15, 0.2) is 4.52 Å². The van der Waals surface area contributed by atoms with Crippen molar-refractivity contribution in [1.82, 2.24) is 15.5 Å². The standard InChI is InChI=1S/C15H23N3O4/c1-9(2)8-11(15(20)21)16-12(19)4-3-5-13-17-14(18-22-13)10-6-7-10/h9-11H,3-8H2,1-2H3,(H,16,19)(H,20,21)/t11-/m1/s1. The molecule has 1 saturated carbocycles. The van der Waals surface area contributed by atoms with Gasteiger partial charge in [-0.05, 0) is 31.6 Å². The molecule has 1 aliphatic carbocycles. The van der Waals surface area contributed by atoms with E-state index in [0.717, 1.165) is 18.7 Å². The fraction of sp³-hybridized carbons (Fsp3) is 0.733. The molecular weight excluding hydrogens is 286 g/mol. The first-order valence-corrected chi connectivity index (χ1v) is 7.80. The maximum Gasteiger partial charge on any atom is 0.326 e. The van der Waals surface area contributed by atoms with E-state index in [1.807, 2.05) is 13.8 Å². The molecule has 7 heteroatoms. The lowest BCUT2D eigenvalue weighted by molar-refractivity contribution is -0.142. The summed E-state index contributed by atoms with van der Waals surface area (Å²) in [7, 11) is 0. The van der Waals surface area contributed by atoms with E-state index in [1.165, 1.54) is 0 Å². The van der Waals surface area contributed by atoms with Gasteiger partial charge in [0.05, 0.1) is 0 Å². The lowest BCUT2D eigenvalue weighted by atomic mass is 10.0. The largest absolute Gasteiger partial charge is 0.480 e. The Morgan fingerprint density at radius 3 is 2.73 bits per heavy atom. The maximum absolute atomic E-state index is 11.8. The fourth-order valence-corrected chi connectivity index (χ4v) is 2.24. The predicted octanol–water partition coefficient (Wildman–Crippen LogP) is 1.89. The van der Waals surface area contributed by atoms with Gasteiger partial charge in [0.1, 0.15) is 6.04 Å². The second-order valence-corrected chi connectivity index (χ2v) is 6.26. The van der Waals surface area contributed by atoms with Crippen LogP contribution in [0.25, 0.3) is 0 Å². The third-order valence-corrected chi connectivity index (χ3v) is 3.56. The lowest BCUT2D eigenvalue weighted by Gasteiger charge is -2.16. The quantitative estimate of drug-likeness (QED) is 0.721. The molecule has 1 amide bonds. The van der Waals surface area contributed by atoms with Crippen LogP contribution in [0.2, 0.25) is 0 Å². The number of nitrogens with one attached hydrogen (secondary N) is 1. The molecular formula is C15H23N3O4. The number of amides is 1. The number of hydrogen-bond acceptors (Lipinski definition) is 5. The number of carbonyl (C=O) groups excluding carboxylic acids is 1. The Bertz CT molecular complexity index is 523. The minimum atomic E-state index is -0.993. The Morgan fingerprint density at radius 2 is 2.14 bits per heavy atom. The van der Waals surface area contributed by atoms with Crippen LogP contribution >= 0.6 is 0 Å². The fourth-order valence-electron chi connectivity index (χ4n) is 2.24. The van der Waals surface area contributed by atoms with Crippen LogP contribution in [0, 0.1) is 5.92 Å². The van der Waals surface area contributed by atoms with Gasteiger partial charge in [0.2, 0.25) is 11.8 Å².